The van der Waals surface area contributed by atoms with Crippen molar-refractivity contribution in [2.24, 2.45) is 0 Å². The molecule has 1 aromatic heterocycles. The SMILES string of the molecule is Cc1ccnc(NC(=O)CCc2ccc(S(=O)(=O)N3CCCCC3)cc2)c1. The number of anilines is 1. The fraction of sp³-hybridized carbons (Fsp3) is 0.400. The third kappa shape index (κ3) is 5.14. The molecule has 2 aromatic rings. The van der Waals surface area contributed by atoms with Gasteiger partial charge in [0.2, 0.25) is 15.9 Å². The fourth-order valence-electron chi connectivity index (χ4n) is 3.15. The lowest BCUT2D eigenvalue weighted by atomic mass is 10.1. The summed E-state index contributed by atoms with van der Waals surface area (Å²) in [5.41, 5.74) is 1.96. The predicted molar refractivity (Wildman–Crippen MR) is 105 cm³/mol. The van der Waals surface area contributed by atoms with E-state index in [1.54, 1.807) is 34.8 Å². The maximum Gasteiger partial charge on any atom is 0.243 e. The molecule has 1 aliphatic rings. The van der Waals surface area contributed by atoms with Crippen molar-refractivity contribution in [1.29, 1.82) is 0 Å². The number of carbonyl (C=O) groups is 1. The van der Waals surface area contributed by atoms with Gasteiger partial charge in [0.25, 0.3) is 0 Å². The van der Waals surface area contributed by atoms with Crippen molar-refractivity contribution >= 4 is 21.7 Å². The minimum Gasteiger partial charge on any atom is -0.311 e. The predicted octanol–water partition coefficient (Wildman–Crippen LogP) is 3.14. The van der Waals surface area contributed by atoms with E-state index >= 15 is 0 Å². The Kier molecular flexibility index (Phi) is 6.23. The number of carbonyl (C=O) groups excluding carboxylic acids is 1. The average Bonchev–Trinajstić information content (AvgIpc) is 2.67. The van der Waals surface area contributed by atoms with Crippen molar-refractivity contribution in [1.82, 2.24) is 9.29 Å². The van der Waals surface area contributed by atoms with Gasteiger partial charge in [0.15, 0.2) is 0 Å². The summed E-state index contributed by atoms with van der Waals surface area (Å²) in [5.74, 6) is 0.432. The Bertz CT molecular complexity index is 889. The highest BCUT2D eigenvalue weighted by molar-refractivity contribution is 7.89. The van der Waals surface area contributed by atoms with Crippen molar-refractivity contribution in [2.45, 2.75) is 43.9 Å². The van der Waals surface area contributed by atoms with Gasteiger partial charge in [0.1, 0.15) is 5.82 Å². The van der Waals surface area contributed by atoms with Gasteiger partial charge in [0.05, 0.1) is 4.90 Å². The van der Waals surface area contributed by atoms with Crippen LogP contribution < -0.4 is 5.32 Å². The van der Waals surface area contributed by atoms with Crippen LogP contribution in [-0.4, -0.2) is 36.7 Å². The van der Waals surface area contributed by atoms with Crippen molar-refractivity contribution in [2.75, 3.05) is 18.4 Å². The van der Waals surface area contributed by atoms with Gasteiger partial charge in [-0.15, -0.1) is 0 Å². The Balaban J connectivity index is 1.56. The van der Waals surface area contributed by atoms with Gasteiger partial charge in [-0.05, 0) is 61.6 Å². The third-order valence-corrected chi connectivity index (χ3v) is 6.61. The minimum atomic E-state index is -3.41. The molecule has 0 spiro atoms. The number of nitrogens with zero attached hydrogens (tertiary/aromatic N) is 2. The topological polar surface area (TPSA) is 79.4 Å². The number of piperidine rings is 1. The van der Waals surface area contributed by atoms with E-state index < -0.39 is 10.0 Å². The summed E-state index contributed by atoms with van der Waals surface area (Å²) in [6.07, 6.45) is 5.44. The number of hydrogen-bond donors (Lipinski definition) is 1. The monoisotopic (exact) mass is 387 g/mol. The fourth-order valence-corrected chi connectivity index (χ4v) is 4.67. The van der Waals surface area contributed by atoms with E-state index in [1.807, 2.05) is 19.1 Å². The van der Waals surface area contributed by atoms with Gasteiger partial charge in [-0.2, -0.15) is 4.31 Å². The summed E-state index contributed by atoms with van der Waals surface area (Å²) < 4.78 is 26.9. The molecular weight excluding hydrogens is 362 g/mol. The number of benzene rings is 1. The molecule has 7 heteroatoms. The zero-order valence-corrected chi connectivity index (χ0v) is 16.3. The molecule has 2 heterocycles. The van der Waals surface area contributed by atoms with E-state index in [-0.39, 0.29) is 5.91 Å². The largest absolute Gasteiger partial charge is 0.311 e. The molecule has 0 aliphatic carbocycles. The maximum atomic E-state index is 12.7. The van der Waals surface area contributed by atoms with Crippen molar-refractivity contribution in [3.63, 3.8) is 0 Å². The molecule has 1 aromatic carbocycles. The van der Waals surface area contributed by atoms with Gasteiger partial charge in [-0.25, -0.2) is 13.4 Å². The normalized spacial score (nSPS) is 15.4. The second-order valence-electron chi connectivity index (χ2n) is 6.88. The number of sulfonamides is 1. The quantitative estimate of drug-likeness (QED) is 0.826. The van der Waals surface area contributed by atoms with Gasteiger partial charge in [-0.3, -0.25) is 4.79 Å². The molecule has 1 N–H and O–H groups in total. The highest BCUT2D eigenvalue weighted by Gasteiger charge is 2.25. The van der Waals surface area contributed by atoms with Crippen LogP contribution in [0.3, 0.4) is 0 Å². The smallest absolute Gasteiger partial charge is 0.243 e. The number of hydrogen-bond acceptors (Lipinski definition) is 4. The van der Waals surface area contributed by atoms with Crippen LogP contribution in [0.1, 0.15) is 36.8 Å². The minimum absolute atomic E-state index is 0.113. The lowest BCUT2D eigenvalue weighted by Crippen LogP contribution is -2.35. The summed E-state index contributed by atoms with van der Waals surface area (Å²) in [7, 11) is -3.41. The van der Waals surface area contributed by atoms with Gasteiger partial charge >= 0.3 is 0 Å². The van der Waals surface area contributed by atoms with E-state index in [0.29, 0.717) is 36.6 Å². The number of rotatable bonds is 6. The maximum absolute atomic E-state index is 12.7. The van der Waals surface area contributed by atoms with Crippen LogP contribution in [-0.2, 0) is 21.2 Å². The van der Waals surface area contributed by atoms with E-state index in [0.717, 1.165) is 30.4 Å². The molecule has 0 saturated carbocycles. The molecule has 144 valence electrons. The third-order valence-electron chi connectivity index (χ3n) is 4.70. The van der Waals surface area contributed by atoms with E-state index in [9.17, 15) is 13.2 Å². The lowest BCUT2D eigenvalue weighted by molar-refractivity contribution is -0.116. The first kappa shape index (κ1) is 19.5. The standard InChI is InChI=1S/C20H25N3O3S/c1-16-11-12-21-19(15-16)22-20(24)10-7-17-5-8-18(9-6-17)27(25,26)23-13-3-2-4-14-23/h5-6,8-9,11-12,15H,2-4,7,10,13-14H2,1H3,(H,21,22,24). The lowest BCUT2D eigenvalue weighted by Gasteiger charge is -2.25. The molecular formula is C20H25N3O3S. The first-order valence-electron chi connectivity index (χ1n) is 9.27. The molecule has 6 nitrogen and oxygen atoms in total. The van der Waals surface area contributed by atoms with Crippen LogP contribution >= 0.6 is 0 Å². The Morgan fingerprint density at radius 2 is 1.81 bits per heavy atom. The van der Waals surface area contributed by atoms with E-state index in [1.165, 1.54) is 0 Å². The Morgan fingerprint density at radius 1 is 1.11 bits per heavy atom. The average molecular weight is 388 g/mol. The molecule has 0 radical (unpaired) electrons. The van der Waals surface area contributed by atoms with Gasteiger partial charge in [0, 0.05) is 25.7 Å². The molecule has 0 atom stereocenters. The highest BCUT2D eigenvalue weighted by Crippen LogP contribution is 2.21. The van der Waals surface area contributed by atoms with Crippen LogP contribution in [0.2, 0.25) is 0 Å². The molecule has 1 saturated heterocycles. The van der Waals surface area contributed by atoms with Crippen LogP contribution in [0.4, 0.5) is 5.82 Å². The van der Waals surface area contributed by atoms with Crippen LogP contribution in [0.15, 0.2) is 47.5 Å². The highest BCUT2D eigenvalue weighted by atomic mass is 32.2. The number of nitrogens with one attached hydrogen (secondary N) is 1. The van der Waals surface area contributed by atoms with E-state index in [2.05, 4.69) is 10.3 Å². The first-order chi connectivity index (χ1) is 12.9. The Morgan fingerprint density at radius 3 is 2.48 bits per heavy atom. The second kappa shape index (κ2) is 8.63. The van der Waals surface area contributed by atoms with Gasteiger partial charge < -0.3 is 5.32 Å². The van der Waals surface area contributed by atoms with Gasteiger partial charge in [-0.1, -0.05) is 18.6 Å². The molecule has 0 bridgehead atoms. The van der Waals surface area contributed by atoms with Crippen LogP contribution in [0.25, 0.3) is 0 Å². The Labute approximate surface area is 160 Å². The zero-order valence-electron chi connectivity index (χ0n) is 15.5. The van der Waals surface area contributed by atoms with Crippen molar-refractivity contribution < 1.29 is 13.2 Å². The number of aryl methyl sites for hydroxylation is 2. The first-order valence-corrected chi connectivity index (χ1v) is 10.7. The van der Waals surface area contributed by atoms with Crippen LogP contribution in [0.5, 0.6) is 0 Å². The summed E-state index contributed by atoms with van der Waals surface area (Å²) in [5, 5.41) is 2.78. The second-order valence-corrected chi connectivity index (χ2v) is 8.81. The van der Waals surface area contributed by atoms with Crippen molar-refractivity contribution in [3.8, 4) is 0 Å². The summed E-state index contributed by atoms with van der Waals surface area (Å²) in [6.45, 7) is 3.13. The van der Waals surface area contributed by atoms with Crippen LogP contribution in [0, 0.1) is 6.92 Å². The zero-order chi connectivity index (χ0) is 19.3. The molecule has 1 amide bonds. The Hall–Kier alpha value is -2.25. The summed E-state index contributed by atoms with van der Waals surface area (Å²) in [6, 6.07) is 10.5. The molecule has 1 aliphatic heterocycles. The van der Waals surface area contributed by atoms with E-state index in [4.69, 9.17) is 0 Å². The number of pyridine rings is 1. The summed E-state index contributed by atoms with van der Waals surface area (Å²) in [4.78, 5) is 16.5. The molecule has 1 fully saturated rings. The van der Waals surface area contributed by atoms with Crippen molar-refractivity contribution in [3.05, 3.63) is 53.7 Å². The number of amides is 1. The molecule has 3 rings (SSSR count). The molecule has 27 heavy (non-hydrogen) atoms. The molecule has 0 unspecified atom stereocenters. The summed E-state index contributed by atoms with van der Waals surface area (Å²) >= 11 is 0. The number of aromatic nitrogens is 1.